The number of anilines is 1. The number of rotatable bonds is 13. The Bertz CT molecular complexity index is 1480. The van der Waals surface area contributed by atoms with E-state index in [1.54, 1.807) is 36.4 Å². The maximum absolute atomic E-state index is 14.2. The number of carbonyl (C=O) groups is 2. The Labute approximate surface area is 252 Å². The normalized spacial score (nSPS) is 13.2. The Balaban J connectivity index is 1.71. The van der Waals surface area contributed by atoms with Gasteiger partial charge in [-0.2, -0.15) is 0 Å². The molecule has 3 aromatic rings. The number of carbonyl (C=O) groups excluding carboxylic acids is 2. The number of hydrogen-bond donors (Lipinski definition) is 1. The monoisotopic (exact) mass is 613 g/mol. The van der Waals surface area contributed by atoms with Gasteiger partial charge in [0.1, 0.15) is 25.8 Å². The molecule has 1 atom stereocenters. The van der Waals surface area contributed by atoms with E-state index in [1.165, 1.54) is 4.90 Å². The second-order valence-corrected chi connectivity index (χ2v) is 12.4. The van der Waals surface area contributed by atoms with Gasteiger partial charge >= 0.3 is 0 Å². The van der Waals surface area contributed by atoms with Crippen molar-refractivity contribution in [3.05, 3.63) is 88.9 Å². The fourth-order valence-corrected chi connectivity index (χ4v) is 5.75. The lowest BCUT2D eigenvalue weighted by atomic mass is 10.0. The minimum absolute atomic E-state index is 0.0524. The van der Waals surface area contributed by atoms with Crippen LogP contribution in [0.5, 0.6) is 11.5 Å². The molecule has 0 bridgehead atoms. The van der Waals surface area contributed by atoms with Gasteiger partial charge in [0.15, 0.2) is 11.5 Å². The summed E-state index contributed by atoms with van der Waals surface area (Å²) in [5, 5.41) is 3.45. The number of hydrogen-bond acceptors (Lipinski definition) is 6. The number of nitrogens with one attached hydrogen (secondary N) is 1. The first-order valence-electron chi connectivity index (χ1n) is 13.9. The first-order chi connectivity index (χ1) is 20.2. The summed E-state index contributed by atoms with van der Waals surface area (Å²) in [5.74, 6) is 0.0432. The van der Waals surface area contributed by atoms with Gasteiger partial charge in [-0.1, -0.05) is 67.4 Å². The van der Waals surface area contributed by atoms with Crippen molar-refractivity contribution in [2.45, 2.75) is 38.8 Å². The van der Waals surface area contributed by atoms with Crippen LogP contribution in [-0.2, 0) is 32.6 Å². The minimum Gasteiger partial charge on any atom is -0.486 e. The summed E-state index contributed by atoms with van der Waals surface area (Å²) in [5.41, 5.74) is 1.83. The molecule has 0 unspecified atom stereocenters. The summed E-state index contributed by atoms with van der Waals surface area (Å²) < 4.78 is 38.3. The van der Waals surface area contributed by atoms with Gasteiger partial charge in [0.2, 0.25) is 21.8 Å². The predicted octanol–water partition coefficient (Wildman–Crippen LogP) is 4.43. The fraction of sp³-hybridized carbons (Fsp3) is 0.355. The number of unbranched alkanes of at least 4 members (excludes halogenated alkanes) is 1. The van der Waals surface area contributed by atoms with Crippen LogP contribution in [0.15, 0.2) is 72.8 Å². The third-order valence-electron chi connectivity index (χ3n) is 6.84. The molecule has 4 rings (SSSR count). The highest BCUT2D eigenvalue weighted by atomic mass is 35.5. The zero-order valence-electron chi connectivity index (χ0n) is 23.8. The summed E-state index contributed by atoms with van der Waals surface area (Å²) in [6, 6.07) is 20.3. The first kappa shape index (κ1) is 31.2. The van der Waals surface area contributed by atoms with Crippen LogP contribution in [0.25, 0.3) is 0 Å². The van der Waals surface area contributed by atoms with Crippen LogP contribution < -0.4 is 19.1 Å². The number of fused-ring (bicyclic) bond motifs is 1. The second kappa shape index (κ2) is 14.4. The van der Waals surface area contributed by atoms with Crippen LogP contribution in [0.4, 0.5) is 5.69 Å². The minimum atomic E-state index is -3.91. The van der Waals surface area contributed by atoms with Crippen LogP contribution in [0.2, 0.25) is 5.02 Å². The number of benzene rings is 3. The summed E-state index contributed by atoms with van der Waals surface area (Å²) in [7, 11) is -3.91. The molecule has 0 spiro atoms. The Morgan fingerprint density at radius 3 is 2.36 bits per heavy atom. The third-order valence-corrected chi connectivity index (χ3v) is 8.21. The van der Waals surface area contributed by atoms with E-state index in [-0.39, 0.29) is 24.6 Å². The molecule has 42 heavy (non-hydrogen) atoms. The van der Waals surface area contributed by atoms with Crippen molar-refractivity contribution in [3.63, 3.8) is 0 Å². The lowest BCUT2D eigenvalue weighted by Gasteiger charge is -2.33. The van der Waals surface area contributed by atoms with Crippen molar-refractivity contribution in [1.82, 2.24) is 10.2 Å². The zero-order valence-corrected chi connectivity index (χ0v) is 25.4. The van der Waals surface area contributed by atoms with Gasteiger partial charge in [-0.15, -0.1) is 0 Å². The summed E-state index contributed by atoms with van der Waals surface area (Å²) in [6.07, 6.45) is 2.97. The summed E-state index contributed by atoms with van der Waals surface area (Å²) >= 11 is 6.25. The molecule has 1 aliphatic heterocycles. The van der Waals surface area contributed by atoms with Crippen LogP contribution in [0.3, 0.4) is 0 Å². The van der Waals surface area contributed by atoms with Gasteiger partial charge in [-0.25, -0.2) is 8.42 Å². The van der Waals surface area contributed by atoms with E-state index in [1.807, 2.05) is 43.3 Å². The van der Waals surface area contributed by atoms with E-state index in [4.69, 9.17) is 21.1 Å². The lowest BCUT2D eigenvalue weighted by molar-refractivity contribution is -0.140. The number of amides is 2. The average Bonchev–Trinajstić information content (AvgIpc) is 2.97. The van der Waals surface area contributed by atoms with Crippen molar-refractivity contribution >= 4 is 39.1 Å². The van der Waals surface area contributed by atoms with Crippen LogP contribution >= 0.6 is 11.6 Å². The largest absolute Gasteiger partial charge is 0.486 e. The Kier molecular flexibility index (Phi) is 10.7. The fourth-order valence-electron chi connectivity index (χ4n) is 4.69. The maximum Gasteiger partial charge on any atom is 0.244 e. The molecule has 1 aliphatic rings. The molecule has 1 heterocycles. The molecule has 0 saturated heterocycles. The SMILES string of the molecule is CCCCNC(=O)[C@@H](Cc1ccccc1)N(Cc1cccc(Cl)c1)C(=O)CN(c1ccc2c(c1)OCCO2)S(C)(=O)=O. The molecule has 0 radical (unpaired) electrons. The van der Waals surface area contributed by atoms with E-state index >= 15 is 0 Å². The molecule has 1 N–H and O–H groups in total. The average molecular weight is 614 g/mol. The molecule has 0 aliphatic carbocycles. The standard InChI is InChI=1S/C31H36ClN3O6S/c1-3-4-15-33-31(37)27(19-23-9-6-5-7-10-23)34(21-24-11-8-12-25(32)18-24)30(36)22-35(42(2,38)39)26-13-14-28-29(20-26)41-17-16-40-28/h5-14,18,20,27H,3-4,15-17,19,21-22H2,1-2H3,(H,33,37)/t27-/m1/s1. The van der Waals surface area contributed by atoms with Crippen molar-refractivity contribution in [2.75, 3.05) is 36.9 Å². The second-order valence-electron chi connectivity index (χ2n) is 10.1. The van der Waals surface area contributed by atoms with E-state index in [0.29, 0.717) is 41.8 Å². The summed E-state index contributed by atoms with van der Waals surface area (Å²) in [6.45, 7) is 2.74. The van der Waals surface area contributed by atoms with E-state index in [9.17, 15) is 18.0 Å². The topological polar surface area (TPSA) is 105 Å². The van der Waals surface area contributed by atoms with Crippen molar-refractivity contribution < 1.29 is 27.5 Å². The van der Waals surface area contributed by atoms with E-state index < -0.39 is 28.5 Å². The molecular formula is C31H36ClN3O6S. The smallest absolute Gasteiger partial charge is 0.244 e. The van der Waals surface area contributed by atoms with Crippen molar-refractivity contribution in [2.24, 2.45) is 0 Å². The van der Waals surface area contributed by atoms with Gasteiger partial charge in [0.05, 0.1) is 11.9 Å². The molecule has 0 aromatic heterocycles. The quantitative estimate of drug-likeness (QED) is 0.286. The van der Waals surface area contributed by atoms with Crippen molar-refractivity contribution in [1.29, 1.82) is 0 Å². The number of halogens is 1. The number of ether oxygens (including phenoxy) is 2. The zero-order chi connectivity index (χ0) is 30.1. The molecule has 0 saturated carbocycles. The molecule has 0 fully saturated rings. The van der Waals surface area contributed by atoms with Gasteiger partial charge in [-0.3, -0.25) is 13.9 Å². The van der Waals surface area contributed by atoms with Crippen LogP contribution in [0.1, 0.15) is 30.9 Å². The first-order valence-corrected chi connectivity index (χ1v) is 16.1. The van der Waals surface area contributed by atoms with Gasteiger partial charge in [-0.05, 0) is 41.8 Å². The molecule has 2 amide bonds. The molecular weight excluding hydrogens is 578 g/mol. The highest BCUT2D eigenvalue weighted by Gasteiger charge is 2.33. The van der Waals surface area contributed by atoms with Gasteiger partial charge in [0, 0.05) is 30.6 Å². The van der Waals surface area contributed by atoms with Gasteiger partial charge < -0.3 is 19.7 Å². The van der Waals surface area contributed by atoms with E-state index in [2.05, 4.69) is 5.32 Å². The Morgan fingerprint density at radius 1 is 0.952 bits per heavy atom. The van der Waals surface area contributed by atoms with Crippen molar-refractivity contribution in [3.8, 4) is 11.5 Å². The van der Waals surface area contributed by atoms with Crippen LogP contribution in [-0.4, -0.2) is 63.7 Å². The maximum atomic E-state index is 14.2. The third kappa shape index (κ3) is 8.39. The number of sulfonamides is 1. The molecule has 224 valence electrons. The number of nitrogens with zero attached hydrogens (tertiary/aromatic N) is 2. The molecule has 9 nitrogen and oxygen atoms in total. The Hall–Kier alpha value is -3.76. The van der Waals surface area contributed by atoms with Gasteiger partial charge in [0.25, 0.3) is 0 Å². The van der Waals surface area contributed by atoms with Crippen LogP contribution in [0, 0.1) is 0 Å². The molecule has 3 aromatic carbocycles. The lowest BCUT2D eigenvalue weighted by Crippen LogP contribution is -2.53. The highest BCUT2D eigenvalue weighted by molar-refractivity contribution is 7.92. The summed E-state index contributed by atoms with van der Waals surface area (Å²) in [4.78, 5) is 29.3. The Morgan fingerprint density at radius 2 is 1.67 bits per heavy atom. The predicted molar refractivity (Wildman–Crippen MR) is 163 cm³/mol. The van der Waals surface area contributed by atoms with E-state index in [0.717, 1.165) is 29.0 Å². The highest BCUT2D eigenvalue weighted by Crippen LogP contribution is 2.35. The molecule has 11 heteroatoms.